The molecule has 0 fully saturated rings. The molecule has 0 atom stereocenters. The second-order valence-electron chi connectivity index (χ2n) is 3.38. The molecular weight excluding hydrogens is 234 g/mol. The summed E-state index contributed by atoms with van der Waals surface area (Å²) in [5.41, 5.74) is -1.38. The third-order valence-electron chi connectivity index (χ3n) is 2.30. The van der Waals surface area contributed by atoms with Crippen molar-refractivity contribution in [1.82, 2.24) is 9.97 Å². The van der Waals surface area contributed by atoms with Crippen molar-refractivity contribution in [3.8, 4) is 0 Å². The van der Waals surface area contributed by atoms with Crippen molar-refractivity contribution in [3.63, 3.8) is 0 Å². The molecular formula is C10H8F2N2O3. The lowest BCUT2D eigenvalue weighted by molar-refractivity contribution is 0.140. The topological polar surface area (TPSA) is 76.0 Å². The summed E-state index contributed by atoms with van der Waals surface area (Å²) >= 11 is 0. The first-order chi connectivity index (χ1) is 8.02. The number of aromatic nitrogens is 2. The number of aryl methyl sites for hydroxylation is 1. The Morgan fingerprint density at radius 1 is 1.47 bits per heavy atom. The molecule has 17 heavy (non-hydrogen) atoms. The summed E-state index contributed by atoms with van der Waals surface area (Å²) in [6.07, 6.45) is -2.52. The van der Waals surface area contributed by atoms with E-state index in [0.717, 1.165) is 6.07 Å². The molecule has 0 unspecified atom stereocenters. The first kappa shape index (κ1) is 11.4. The van der Waals surface area contributed by atoms with Gasteiger partial charge in [-0.2, -0.15) is 4.98 Å². The van der Waals surface area contributed by atoms with Crippen LogP contribution >= 0.6 is 0 Å². The van der Waals surface area contributed by atoms with Gasteiger partial charge in [0.1, 0.15) is 5.39 Å². The molecule has 2 aromatic rings. The third-order valence-corrected chi connectivity index (χ3v) is 2.30. The molecule has 7 heteroatoms. The second kappa shape index (κ2) is 4.08. The summed E-state index contributed by atoms with van der Waals surface area (Å²) in [6, 6.07) is 1.15. The van der Waals surface area contributed by atoms with E-state index in [1.54, 1.807) is 6.92 Å². The second-order valence-corrected chi connectivity index (χ2v) is 3.38. The third kappa shape index (κ3) is 1.95. The molecule has 2 aromatic heterocycles. The zero-order valence-corrected chi connectivity index (χ0v) is 8.79. The van der Waals surface area contributed by atoms with Gasteiger partial charge in [-0.25, -0.2) is 13.6 Å². The Balaban J connectivity index is 2.90. The maximum atomic E-state index is 12.4. The van der Waals surface area contributed by atoms with Gasteiger partial charge in [0.2, 0.25) is 5.71 Å². The van der Waals surface area contributed by atoms with Crippen LogP contribution in [0.25, 0.3) is 11.1 Å². The largest absolute Gasteiger partial charge is 0.403 e. The Morgan fingerprint density at radius 2 is 2.18 bits per heavy atom. The molecule has 0 saturated heterocycles. The first-order valence-electron chi connectivity index (χ1n) is 4.88. The highest BCUT2D eigenvalue weighted by Crippen LogP contribution is 2.16. The molecule has 0 spiro atoms. The minimum Gasteiger partial charge on any atom is -0.403 e. The quantitative estimate of drug-likeness (QED) is 0.863. The van der Waals surface area contributed by atoms with Gasteiger partial charge in [0, 0.05) is 6.07 Å². The van der Waals surface area contributed by atoms with E-state index in [1.807, 2.05) is 4.98 Å². The van der Waals surface area contributed by atoms with E-state index < -0.39 is 23.4 Å². The van der Waals surface area contributed by atoms with E-state index in [4.69, 9.17) is 0 Å². The van der Waals surface area contributed by atoms with E-state index in [-0.39, 0.29) is 11.1 Å². The van der Waals surface area contributed by atoms with Gasteiger partial charge in [-0.1, -0.05) is 6.92 Å². The van der Waals surface area contributed by atoms with Crippen LogP contribution in [0.1, 0.15) is 24.7 Å². The number of nitrogens with one attached hydrogen (secondary N) is 1. The number of nitrogens with zero attached hydrogens (tertiary/aromatic N) is 1. The predicted octanol–water partition coefficient (Wildman–Crippen LogP) is 1.38. The van der Waals surface area contributed by atoms with E-state index in [1.165, 1.54) is 0 Å². The van der Waals surface area contributed by atoms with Gasteiger partial charge in [0.15, 0.2) is 5.82 Å². The number of alkyl halides is 2. The molecule has 1 N–H and O–H groups in total. The van der Waals surface area contributed by atoms with Crippen LogP contribution < -0.4 is 11.2 Å². The van der Waals surface area contributed by atoms with Gasteiger partial charge in [0.25, 0.3) is 12.0 Å². The summed E-state index contributed by atoms with van der Waals surface area (Å²) in [4.78, 5) is 28.2. The standard InChI is InChI=1S/C10H8F2N2O3/c1-2-4-3-5(15)17-10-6(4)9(16)13-8(14-10)7(11)12/h3,7H,2H2,1H3,(H,13,14,16). The van der Waals surface area contributed by atoms with Crippen molar-refractivity contribution < 1.29 is 13.2 Å². The van der Waals surface area contributed by atoms with Crippen molar-refractivity contribution in [2.45, 2.75) is 19.8 Å². The normalized spacial score (nSPS) is 11.3. The van der Waals surface area contributed by atoms with Gasteiger partial charge in [-0.15, -0.1) is 0 Å². The summed E-state index contributed by atoms with van der Waals surface area (Å²) in [6.45, 7) is 1.73. The maximum Gasteiger partial charge on any atom is 0.337 e. The Hall–Kier alpha value is -2.05. The number of halogens is 2. The molecule has 0 aliphatic carbocycles. The average molecular weight is 242 g/mol. The zero-order chi connectivity index (χ0) is 12.6. The minimum absolute atomic E-state index is 0.0384. The average Bonchev–Trinajstić information content (AvgIpc) is 2.26. The fourth-order valence-electron chi connectivity index (χ4n) is 1.55. The molecule has 2 heterocycles. The van der Waals surface area contributed by atoms with Gasteiger partial charge in [0.05, 0.1) is 0 Å². The maximum absolute atomic E-state index is 12.4. The number of fused-ring (bicyclic) bond motifs is 1. The monoisotopic (exact) mass is 242 g/mol. The Labute approximate surface area is 93.1 Å². The first-order valence-corrected chi connectivity index (χ1v) is 4.88. The highest BCUT2D eigenvalue weighted by Gasteiger charge is 2.16. The lowest BCUT2D eigenvalue weighted by atomic mass is 10.1. The summed E-state index contributed by atoms with van der Waals surface area (Å²) in [5.74, 6) is -0.807. The Morgan fingerprint density at radius 3 is 2.76 bits per heavy atom. The highest BCUT2D eigenvalue weighted by atomic mass is 19.3. The Bertz CT molecular complexity index is 675. The Kier molecular flexibility index (Phi) is 2.74. The number of hydrogen-bond acceptors (Lipinski definition) is 4. The molecule has 0 saturated carbocycles. The van der Waals surface area contributed by atoms with Crippen LogP contribution in [0.5, 0.6) is 0 Å². The van der Waals surface area contributed by atoms with Crippen molar-refractivity contribution in [2.24, 2.45) is 0 Å². The molecule has 2 rings (SSSR count). The number of H-pyrrole nitrogens is 1. The fourth-order valence-corrected chi connectivity index (χ4v) is 1.55. The van der Waals surface area contributed by atoms with E-state index in [2.05, 4.69) is 9.40 Å². The van der Waals surface area contributed by atoms with Crippen molar-refractivity contribution in [3.05, 3.63) is 38.2 Å². The van der Waals surface area contributed by atoms with Crippen LogP contribution in [0.2, 0.25) is 0 Å². The van der Waals surface area contributed by atoms with Crippen LogP contribution in [0.15, 0.2) is 20.1 Å². The SMILES string of the molecule is CCc1cc(=O)oc2nc(C(F)F)[nH]c(=O)c12. The smallest absolute Gasteiger partial charge is 0.337 e. The van der Waals surface area contributed by atoms with Crippen molar-refractivity contribution >= 4 is 11.1 Å². The van der Waals surface area contributed by atoms with Crippen LogP contribution in [-0.2, 0) is 6.42 Å². The van der Waals surface area contributed by atoms with Gasteiger partial charge in [-0.05, 0) is 12.0 Å². The van der Waals surface area contributed by atoms with Crippen LogP contribution in [0, 0.1) is 0 Å². The predicted molar refractivity (Wildman–Crippen MR) is 55.2 cm³/mol. The molecule has 0 radical (unpaired) electrons. The van der Waals surface area contributed by atoms with Gasteiger partial charge < -0.3 is 9.40 Å². The zero-order valence-electron chi connectivity index (χ0n) is 8.79. The van der Waals surface area contributed by atoms with Gasteiger partial charge >= 0.3 is 5.63 Å². The van der Waals surface area contributed by atoms with Crippen LogP contribution in [-0.4, -0.2) is 9.97 Å². The van der Waals surface area contributed by atoms with E-state index in [9.17, 15) is 18.4 Å². The molecule has 5 nitrogen and oxygen atoms in total. The van der Waals surface area contributed by atoms with Gasteiger partial charge in [-0.3, -0.25) is 4.79 Å². The lowest BCUT2D eigenvalue weighted by Gasteiger charge is -2.03. The number of rotatable bonds is 2. The lowest BCUT2D eigenvalue weighted by Crippen LogP contribution is -2.16. The molecule has 0 aliphatic rings. The van der Waals surface area contributed by atoms with E-state index >= 15 is 0 Å². The fraction of sp³-hybridized carbons (Fsp3) is 0.300. The molecule has 0 bridgehead atoms. The minimum atomic E-state index is -2.93. The number of hydrogen-bond donors (Lipinski definition) is 1. The van der Waals surface area contributed by atoms with Crippen molar-refractivity contribution in [1.29, 1.82) is 0 Å². The van der Waals surface area contributed by atoms with Crippen LogP contribution in [0.4, 0.5) is 8.78 Å². The summed E-state index contributed by atoms with van der Waals surface area (Å²) < 4.78 is 29.5. The summed E-state index contributed by atoms with van der Waals surface area (Å²) in [7, 11) is 0. The molecule has 0 aliphatic heterocycles. The highest BCUT2D eigenvalue weighted by molar-refractivity contribution is 5.75. The molecule has 0 amide bonds. The summed E-state index contributed by atoms with van der Waals surface area (Å²) in [5, 5.41) is 0.0384. The molecule has 90 valence electrons. The van der Waals surface area contributed by atoms with Crippen LogP contribution in [0.3, 0.4) is 0 Å². The number of aromatic amines is 1. The van der Waals surface area contributed by atoms with E-state index in [0.29, 0.717) is 12.0 Å². The molecule has 0 aromatic carbocycles. The van der Waals surface area contributed by atoms with Crippen molar-refractivity contribution in [2.75, 3.05) is 0 Å².